The molecule has 1 aromatic rings. The third-order valence-electron chi connectivity index (χ3n) is 2.75. The number of ketones is 1. The SMILES string of the molecule is CCCC(=O)C1Cc2cc(C)ccc2O1. The van der Waals surface area contributed by atoms with Gasteiger partial charge in [0.05, 0.1) is 0 Å². The summed E-state index contributed by atoms with van der Waals surface area (Å²) in [5.74, 6) is 1.11. The van der Waals surface area contributed by atoms with E-state index in [1.807, 2.05) is 19.1 Å². The quantitative estimate of drug-likeness (QED) is 0.756. The van der Waals surface area contributed by atoms with Crippen molar-refractivity contribution in [2.45, 2.75) is 39.2 Å². The van der Waals surface area contributed by atoms with Crippen LogP contribution in [0.4, 0.5) is 0 Å². The number of fused-ring (bicyclic) bond motifs is 1. The molecule has 0 saturated carbocycles. The van der Waals surface area contributed by atoms with Gasteiger partial charge in [0.2, 0.25) is 0 Å². The van der Waals surface area contributed by atoms with E-state index in [1.165, 1.54) is 11.1 Å². The van der Waals surface area contributed by atoms with Gasteiger partial charge in [-0.1, -0.05) is 24.6 Å². The van der Waals surface area contributed by atoms with Crippen LogP contribution in [0.3, 0.4) is 0 Å². The number of ether oxygens (including phenoxy) is 1. The van der Waals surface area contributed by atoms with Crippen LogP contribution < -0.4 is 4.74 Å². The zero-order valence-corrected chi connectivity index (χ0v) is 9.25. The molecule has 0 radical (unpaired) electrons. The van der Waals surface area contributed by atoms with Crippen LogP contribution in [0.2, 0.25) is 0 Å². The van der Waals surface area contributed by atoms with Crippen LogP contribution in [0.5, 0.6) is 5.75 Å². The van der Waals surface area contributed by atoms with Crippen molar-refractivity contribution in [1.82, 2.24) is 0 Å². The van der Waals surface area contributed by atoms with Crippen molar-refractivity contribution >= 4 is 5.78 Å². The van der Waals surface area contributed by atoms with E-state index in [-0.39, 0.29) is 11.9 Å². The summed E-state index contributed by atoms with van der Waals surface area (Å²) in [6.07, 6.45) is 2.03. The Balaban J connectivity index is 2.12. The third-order valence-corrected chi connectivity index (χ3v) is 2.75. The van der Waals surface area contributed by atoms with E-state index in [0.29, 0.717) is 6.42 Å². The summed E-state index contributed by atoms with van der Waals surface area (Å²) < 4.78 is 5.63. The van der Waals surface area contributed by atoms with Crippen LogP contribution >= 0.6 is 0 Å². The highest BCUT2D eigenvalue weighted by Crippen LogP contribution is 2.30. The minimum Gasteiger partial charge on any atom is -0.482 e. The predicted molar refractivity (Wildman–Crippen MR) is 59.2 cm³/mol. The number of aryl methyl sites for hydroxylation is 1. The number of carbonyl (C=O) groups excluding carboxylic acids is 1. The molecule has 1 atom stereocenters. The van der Waals surface area contributed by atoms with Crippen molar-refractivity contribution in [2.24, 2.45) is 0 Å². The Morgan fingerprint density at radius 3 is 3.07 bits per heavy atom. The van der Waals surface area contributed by atoms with Crippen LogP contribution in [0.15, 0.2) is 18.2 Å². The number of Topliss-reactive ketones (excluding diaryl/α,β-unsaturated/α-hetero) is 1. The Morgan fingerprint density at radius 2 is 2.33 bits per heavy atom. The predicted octanol–water partition coefficient (Wildman–Crippen LogP) is 2.67. The van der Waals surface area contributed by atoms with Gasteiger partial charge in [0.25, 0.3) is 0 Å². The molecule has 1 unspecified atom stereocenters. The normalized spacial score (nSPS) is 18.4. The van der Waals surface area contributed by atoms with Gasteiger partial charge in [0, 0.05) is 12.8 Å². The fourth-order valence-corrected chi connectivity index (χ4v) is 1.96. The third kappa shape index (κ3) is 2.04. The van der Waals surface area contributed by atoms with Crippen molar-refractivity contribution in [1.29, 1.82) is 0 Å². The van der Waals surface area contributed by atoms with Gasteiger partial charge in [-0.05, 0) is 25.0 Å². The van der Waals surface area contributed by atoms with Crippen LogP contribution in [-0.4, -0.2) is 11.9 Å². The molecule has 0 amide bonds. The Kier molecular flexibility index (Phi) is 2.76. The largest absolute Gasteiger partial charge is 0.482 e. The molecule has 2 nitrogen and oxygen atoms in total. The highest BCUT2D eigenvalue weighted by molar-refractivity contribution is 5.84. The van der Waals surface area contributed by atoms with Crippen LogP contribution in [-0.2, 0) is 11.2 Å². The molecule has 1 heterocycles. The van der Waals surface area contributed by atoms with Gasteiger partial charge in [-0.2, -0.15) is 0 Å². The van der Waals surface area contributed by atoms with Crippen molar-refractivity contribution in [2.75, 3.05) is 0 Å². The molecular formula is C13H16O2. The standard InChI is InChI=1S/C13H16O2/c1-3-4-11(14)13-8-10-7-9(2)5-6-12(10)15-13/h5-7,13H,3-4,8H2,1-2H3. The zero-order chi connectivity index (χ0) is 10.8. The molecule has 80 valence electrons. The van der Waals surface area contributed by atoms with Gasteiger partial charge >= 0.3 is 0 Å². The fourth-order valence-electron chi connectivity index (χ4n) is 1.96. The average molecular weight is 204 g/mol. The number of hydrogen-bond acceptors (Lipinski definition) is 2. The minimum atomic E-state index is -0.234. The lowest BCUT2D eigenvalue weighted by atomic mass is 10.0. The molecule has 0 saturated heterocycles. The highest BCUT2D eigenvalue weighted by Gasteiger charge is 2.27. The molecule has 2 rings (SSSR count). The van der Waals surface area contributed by atoms with Crippen molar-refractivity contribution < 1.29 is 9.53 Å². The maximum atomic E-state index is 11.7. The fraction of sp³-hybridized carbons (Fsp3) is 0.462. The molecule has 2 heteroatoms. The molecule has 0 spiro atoms. The summed E-state index contributed by atoms with van der Waals surface area (Å²) >= 11 is 0. The topological polar surface area (TPSA) is 26.3 Å². The summed E-state index contributed by atoms with van der Waals surface area (Å²) in [6, 6.07) is 6.09. The molecule has 15 heavy (non-hydrogen) atoms. The lowest BCUT2D eigenvalue weighted by Crippen LogP contribution is -2.24. The second-order valence-electron chi connectivity index (χ2n) is 4.14. The summed E-state index contributed by atoms with van der Waals surface area (Å²) in [5, 5.41) is 0. The maximum absolute atomic E-state index is 11.7. The van der Waals surface area contributed by atoms with Crippen LogP contribution in [0.25, 0.3) is 0 Å². The monoisotopic (exact) mass is 204 g/mol. The molecule has 0 bridgehead atoms. The smallest absolute Gasteiger partial charge is 0.173 e. The number of rotatable bonds is 3. The van der Waals surface area contributed by atoms with Gasteiger partial charge in [0.15, 0.2) is 11.9 Å². The van der Waals surface area contributed by atoms with E-state index in [4.69, 9.17) is 4.74 Å². The molecule has 1 aliphatic rings. The van der Waals surface area contributed by atoms with Gasteiger partial charge in [-0.25, -0.2) is 0 Å². The van der Waals surface area contributed by atoms with Crippen molar-refractivity contribution in [3.05, 3.63) is 29.3 Å². The lowest BCUT2D eigenvalue weighted by Gasteiger charge is -2.07. The first-order valence-electron chi connectivity index (χ1n) is 5.49. The summed E-state index contributed by atoms with van der Waals surface area (Å²) in [5.41, 5.74) is 2.39. The number of carbonyl (C=O) groups is 1. The Labute approximate surface area is 90.3 Å². The molecule has 1 aromatic carbocycles. The summed E-state index contributed by atoms with van der Waals surface area (Å²) in [4.78, 5) is 11.7. The number of hydrogen-bond donors (Lipinski definition) is 0. The van der Waals surface area contributed by atoms with Crippen LogP contribution in [0.1, 0.15) is 30.9 Å². The van der Waals surface area contributed by atoms with E-state index in [1.54, 1.807) is 0 Å². The Morgan fingerprint density at radius 1 is 1.53 bits per heavy atom. The summed E-state index contributed by atoms with van der Waals surface area (Å²) in [6.45, 7) is 4.08. The van der Waals surface area contributed by atoms with Crippen LogP contribution in [0, 0.1) is 6.92 Å². The second-order valence-corrected chi connectivity index (χ2v) is 4.14. The minimum absolute atomic E-state index is 0.228. The molecular weight excluding hydrogens is 188 g/mol. The van der Waals surface area contributed by atoms with Crippen molar-refractivity contribution in [3.63, 3.8) is 0 Å². The first-order valence-corrected chi connectivity index (χ1v) is 5.49. The first-order chi connectivity index (χ1) is 7.20. The molecule has 0 aliphatic carbocycles. The maximum Gasteiger partial charge on any atom is 0.173 e. The van der Waals surface area contributed by atoms with E-state index in [9.17, 15) is 4.79 Å². The summed E-state index contributed by atoms with van der Waals surface area (Å²) in [7, 11) is 0. The number of benzene rings is 1. The Hall–Kier alpha value is -1.31. The molecule has 0 fully saturated rings. The molecule has 0 N–H and O–H groups in total. The first kappa shape index (κ1) is 10.2. The lowest BCUT2D eigenvalue weighted by molar-refractivity contribution is -0.125. The van der Waals surface area contributed by atoms with Gasteiger partial charge < -0.3 is 4.74 Å². The molecule has 1 aliphatic heterocycles. The van der Waals surface area contributed by atoms with Crippen molar-refractivity contribution in [3.8, 4) is 5.75 Å². The Bertz CT molecular complexity index is 382. The van der Waals surface area contributed by atoms with Gasteiger partial charge in [0.1, 0.15) is 5.75 Å². The van der Waals surface area contributed by atoms with E-state index in [0.717, 1.165) is 18.6 Å². The average Bonchev–Trinajstić information content (AvgIpc) is 2.60. The van der Waals surface area contributed by atoms with Gasteiger partial charge in [-0.3, -0.25) is 4.79 Å². The highest BCUT2D eigenvalue weighted by atomic mass is 16.5. The van der Waals surface area contributed by atoms with E-state index in [2.05, 4.69) is 13.0 Å². The van der Waals surface area contributed by atoms with E-state index < -0.39 is 0 Å². The van der Waals surface area contributed by atoms with Gasteiger partial charge in [-0.15, -0.1) is 0 Å². The second kappa shape index (κ2) is 4.05. The molecule has 0 aromatic heterocycles. The zero-order valence-electron chi connectivity index (χ0n) is 9.25. The van der Waals surface area contributed by atoms with E-state index >= 15 is 0 Å².